The molecule has 1 aromatic heterocycles. The van der Waals surface area contributed by atoms with Crippen molar-refractivity contribution in [3.8, 4) is 0 Å². The fourth-order valence-electron chi connectivity index (χ4n) is 2.18. The molecule has 0 saturated heterocycles. The van der Waals surface area contributed by atoms with Gasteiger partial charge in [-0.05, 0) is 37.1 Å². The highest BCUT2D eigenvalue weighted by atomic mass is 32.2. The number of hydrogen-bond donors (Lipinski definition) is 3. The number of H-pyrrole nitrogens is 1. The Morgan fingerprint density at radius 2 is 2.08 bits per heavy atom. The van der Waals surface area contributed by atoms with Crippen LogP contribution in [0.1, 0.15) is 33.6 Å². The highest BCUT2D eigenvalue weighted by molar-refractivity contribution is 7.98. The number of aryl methyl sites for hydroxylation is 1. The van der Waals surface area contributed by atoms with Crippen LogP contribution >= 0.6 is 11.8 Å². The monoisotopic (exact) mass is 361 g/mol. The number of aliphatic carboxylic acids is 1. The maximum absolute atomic E-state index is 12.4. The second-order valence-corrected chi connectivity index (χ2v) is 6.59. The molecule has 0 fully saturated rings. The van der Waals surface area contributed by atoms with Crippen LogP contribution in [0, 0.1) is 13.8 Å². The number of nitrogens with zero attached hydrogens (tertiary/aromatic N) is 1. The summed E-state index contributed by atoms with van der Waals surface area (Å²) >= 11 is 1.51. The van der Waals surface area contributed by atoms with Crippen LogP contribution in [0.3, 0.4) is 0 Å². The van der Waals surface area contributed by atoms with Gasteiger partial charge in [-0.2, -0.15) is 16.9 Å². The van der Waals surface area contributed by atoms with Crippen molar-refractivity contribution in [2.45, 2.75) is 26.0 Å². The van der Waals surface area contributed by atoms with Crippen molar-refractivity contribution in [2.24, 2.45) is 0 Å². The van der Waals surface area contributed by atoms with E-state index in [2.05, 4.69) is 15.5 Å². The number of nitrogens with one attached hydrogen (secondary N) is 2. The predicted molar refractivity (Wildman–Crippen MR) is 97.1 cm³/mol. The van der Waals surface area contributed by atoms with Gasteiger partial charge in [-0.25, -0.2) is 5.10 Å². The van der Waals surface area contributed by atoms with E-state index in [9.17, 15) is 14.4 Å². The summed E-state index contributed by atoms with van der Waals surface area (Å²) < 4.78 is 0. The van der Waals surface area contributed by atoms with Crippen molar-refractivity contribution in [1.29, 1.82) is 0 Å². The third kappa shape index (κ3) is 5.18. The molecular formula is C17H19N3O4S. The molecule has 8 heteroatoms. The van der Waals surface area contributed by atoms with Crippen molar-refractivity contribution in [1.82, 2.24) is 10.2 Å². The Hall–Kier alpha value is -2.61. The van der Waals surface area contributed by atoms with Gasteiger partial charge in [-0.1, -0.05) is 12.1 Å². The maximum atomic E-state index is 12.4. The number of aromatic amines is 1. The molecule has 0 unspecified atom stereocenters. The number of aromatic nitrogens is 2. The lowest BCUT2D eigenvalue weighted by atomic mass is 10.1. The zero-order valence-corrected chi connectivity index (χ0v) is 14.8. The molecule has 7 nitrogen and oxygen atoms in total. The number of carboxylic acid groups (broad SMARTS) is 1. The summed E-state index contributed by atoms with van der Waals surface area (Å²) in [5.74, 6) is -0.136. The average Bonchev–Trinajstić information content (AvgIpc) is 2.55. The minimum absolute atomic E-state index is 0.0498. The molecular weight excluding hydrogens is 342 g/mol. The molecule has 1 amide bonds. The molecule has 2 rings (SSSR count). The van der Waals surface area contributed by atoms with E-state index in [0.717, 1.165) is 5.56 Å². The number of amides is 1. The minimum Gasteiger partial charge on any atom is -0.481 e. The topological polar surface area (TPSA) is 112 Å². The summed E-state index contributed by atoms with van der Waals surface area (Å²) in [5, 5.41) is 17.5. The number of benzene rings is 1. The van der Waals surface area contributed by atoms with E-state index in [-0.39, 0.29) is 12.0 Å². The van der Waals surface area contributed by atoms with Crippen LogP contribution in [-0.2, 0) is 10.5 Å². The molecule has 132 valence electrons. The third-order valence-electron chi connectivity index (χ3n) is 3.61. The predicted octanol–water partition coefficient (Wildman–Crippen LogP) is 2.35. The number of rotatable bonds is 7. The van der Waals surface area contributed by atoms with Crippen molar-refractivity contribution in [3.05, 3.63) is 57.0 Å². The fourth-order valence-corrected chi connectivity index (χ4v) is 3.06. The maximum Gasteiger partial charge on any atom is 0.304 e. The lowest BCUT2D eigenvalue weighted by Gasteiger charge is -2.09. The summed E-state index contributed by atoms with van der Waals surface area (Å²) in [6.45, 7) is 3.40. The van der Waals surface area contributed by atoms with Gasteiger partial charge in [0.15, 0.2) is 0 Å². The Balaban J connectivity index is 2.07. The molecule has 25 heavy (non-hydrogen) atoms. The van der Waals surface area contributed by atoms with Crippen LogP contribution in [-0.4, -0.2) is 32.9 Å². The first-order valence-electron chi connectivity index (χ1n) is 7.64. The van der Waals surface area contributed by atoms with Gasteiger partial charge in [0.25, 0.3) is 11.5 Å². The summed E-state index contributed by atoms with van der Waals surface area (Å²) in [4.78, 5) is 34.8. The van der Waals surface area contributed by atoms with Gasteiger partial charge in [0.05, 0.1) is 12.1 Å². The van der Waals surface area contributed by atoms with Gasteiger partial charge < -0.3 is 10.4 Å². The van der Waals surface area contributed by atoms with E-state index < -0.39 is 17.4 Å². The van der Waals surface area contributed by atoms with E-state index in [1.165, 1.54) is 11.8 Å². The minimum atomic E-state index is -0.818. The van der Waals surface area contributed by atoms with Crippen molar-refractivity contribution >= 4 is 29.3 Å². The van der Waals surface area contributed by atoms with Crippen molar-refractivity contribution in [2.75, 3.05) is 11.1 Å². The molecule has 0 aliphatic rings. The zero-order chi connectivity index (χ0) is 18.4. The Morgan fingerprint density at radius 3 is 2.80 bits per heavy atom. The molecule has 1 aromatic carbocycles. The van der Waals surface area contributed by atoms with E-state index in [0.29, 0.717) is 28.5 Å². The van der Waals surface area contributed by atoms with Gasteiger partial charge >= 0.3 is 5.97 Å². The Bertz CT molecular complexity index is 848. The average molecular weight is 361 g/mol. The first kappa shape index (κ1) is 18.7. The number of carbonyl (C=O) groups is 2. The van der Waals surface area contributed by atoms with E-state index in [1.807, 2.05) is 12.1 Å². The van der Waals surface area contributed by atoms with Crippen LogP contribution < -0.4 is 10.9 Å². The normalized spacial score (nSPS) is 10.5. The number of thioether (sulfide) groups is 1. The smallest absolute Gasteiger partial charge is 0.304 e. The first-order chi connectivity index (χ1) is 11.9. The fraction of sp³-hybridized carbons (Fsp3) is 0.294. The highest BCUT2D eigenvalue weighted by Crippen LogP contribution is 2.18. The number of anilines is 1. The van der Waals surface area contributed by atoms with Crippen molar-refractivity contribution < 1.29 is 14.7 Å². The second kappa shape index (κ2) is 8.48. The summed E-state index contributed by atoms with van der Waals surface area (Å²) in [5.41, 5.74) is 2.20. The summed E-state index contributed by atoms with van der Waals surface area (Å²) in [7, 11) is 0. The van der Waals surface area contributed by atoms with Crippen LogP contribution in [0.15, 0.2) is 29.1 Å². The molecule has 0 bridgehead atoms. The Kier molecular flexibility index (Phi) is 6.35. The molecule has 0 atom stereocenters. The molecule has 0 aliphatic carbocycles. The third-order valence-corrected chi connectivity index (χ3v) is 4.64. The van der Waals surface area contributed by atoms with Gasteiger partial charge in [0, 0.05) is 17.2 Å². The number of hydrogen-bond acceptors (Lipinski definition) is 5. The van der Waals surface area contributed by atoms with Gasteiger partial charge in [0.1, 0.15) is 5.56 Å². The van der Waals surface area contributed by atoms with E-state index in [1.54, 1.807) is 26.0 Å². The zero-order valence-electron chi connectivity index (χ0n) is 14.0. The SMILES string of the molecule is Cc1n[nH]c(=O)c(C(=O)Nc2cccc(CSCCC(=O)O)c2)c1C. The lowest BCUT2D eigenvalue weighted by molar-refractivity contribution is -0.136. The highest BCUT2D eigenvalue weighted by Gasteiger charge is 2.16. The first-order valence-corrected chi connectivity index (χ1v) is 8.79. The number of carboxylic acids is 1. The van der Waals surface area contributed by atoms with Crippen LogP contribution in [0.2, 0.25) is 0 Å². The van der Waals surface area contributed by atoms with Crippen molar-refractivity contribution in [3.63, 3.8) is 0 Å². The van der Waals surface area contributed by atoms with Gasteiger partial charge in [-0.3, -0.25) is 14.4 Å². The van der Waals surface area contributed by atoms with Gasteiger partial charge in [0.2, 0.25) is 0 Å². The standard InChI is InChI=1S/C17H19N3O4S/c1-10-11(2)19-20-17(24)15(10)16(23)18-13-5-3-4-12(8-13)9-25-7-6-14(21)22/h3-5,8H,6-7,9H2,1-2H3,(H,18,23)(H,20,24)(H,21,22). The van der Waals surface area contributed by atoms with Gasteiger partial charge in [-0.15, -0.1) is 0 Å². The molecule has 0 saturated carbocycles. The summed E-state index contributed by atoms with van der Waals surface area (Å²) in [6.07, 6.45) is 0.116. The molecule has 0 spiro atoms. The quantitative estimate of drug-likeness (QED) is 0.653. The lowest BCUT2D eigenvalue weighted by Crippen LogP contribution is -2.26. The Labute approximate surface area is 148 Å². The molecule has 3 N–H and O–H groups in total. The molecule has 0 radical (unpaired) electrons. The second-order valence-electron chi connectivity index (χ2n) is 5.49. The Morgan fingerprint density at radius 1 is 1.32 bits per heavy atom. The van der Waals surface area contributed by atoms with Crippen LogP contribution in [0.25, 0.3) is 0 Å². The number of carbonyl (C=O) groups excluding carboxylic acids is 1. The van der Waals surface area contributed by atoms with E-state index in [4.69, 9.17) is 5.11 Å². The van der Waals surface area contributed by atoms with Crippen LogP contribution in [0.5, 0.6) is 0 Å². The largest absolute Gasteiger partial charge is 0.481 e. The summed E-state index contributed by atoms with van der Waals surface area (Å²) in [6, 6.07) is 7.25. The van der Waals surface area contributed by atoms with Crippen LogP contribution in [0.4, 0.5) is 5.69 Å². The molecule has 2 aromatic rings. The molecule has 0 aliphatic heterocycles. The van der Waals surface area contributed by atoms with E-state index >= 15 is 0 Å². The molecule has 1 heterocycles.